The van der Waals surface area contributed by atoms with E-state index in [9.17, 15) is 15.0 Å². The molecule has 5 rings (SSSR count). The Morgan fingerprint density at radius 1 is 1.08 bits per heavy atom. The van der Waals surface area contributed by atoms with Gasteiger partial charge in [-0.15, -0.1) is 0 Å². The average molecular weight is 527 g/mol. The number of nitrogens with zero attached hydrogens (tertiary/aromatic N) is 2. The second kappa shape index (κ2) is 9.43. The summed E-state index contributed by atoms with van der Waals surface area (Å²) in [7, 11) is 0. The van der Waals surface area contributed by atoms with Gasteiger partial charge in [-0.3, -0.25) is 14.7 Å². The number of carbonyl (C=O) groups excluding carboxylic acids is 1. The predicted molar refractivity (Wildman–Crippen MR) is 138 cm³/mol. The van der Waals surface area contributed by atoms with E-state index < -0.39 is 11.3 Å². The number of carbonyl (C=O) groups is 1. The second-order valence-electron chi connectivity index (χ2n) is 10.1. The first-order chi connectivity index (χ1) is 17.1. The molecule has 1 aliphatic carbocycles. The third-order valence-corrected chi connectivity index (χ3v) is 7.55. The zero-order valence-corrected chi connectivity index (χ0v) is 21.6. The largest absolute Gasteiger partial charge is 0.396 e. The van der Waals surface area contributed by atoms with Crippen LogP contribution < -0.4 is 0 Å². The summed E-state index contributed by atoms with van der Waals surface area (Å²) in [6.45, 7) is 3.67. The van der Waals surface area contributed by atoms with Gasteiger partial charge in [-0.25, -0.2) is 0 Å². The van der Waals surface area contributed by atoms with E-state index in [4.69, 9.17) is 27.9 Å². The number of hydrogen-bond donors (Lipinski definition) is 2. The Bertz CT molecular complexity index is 1270. The van der Waals surface area contributed by atoms with Gasteiger partial charge in [-0.05, 0) is 68.5 Å². The van der Waals surface area contributed by atoms with Crippen LogP contribution in [0.3, 0.4) is 0 Å². The van der Waals surface area contributed by atoms with Crippen LogP contribution in [0, 0.1) is 5.92 Å². The van der Waals surface area contributed by atoms with Crippen molar-refractivity contribution in [2.24, 2.45) is 5.92 Å². The minimum absolute atomic E-state index is 0.108. The minimum atomic E-state index is -1.23. The molecule has 2 heterocycles. The van der Waals surface area contributed by atoms with Crippen molar-refractivity contribution in [2.75, 3.05) is 6.61 Å². The Morgan fingerprint density at radius 2 is 1.78 bits per heavy atom. The number of ether oxygens (including phenoxy) is 1. The highest BCUT2D eigenvalue weighted by molar-refractivity contribution is 6.30. The molecule has 6 nitrogen and oxygen atoms in total. The van der Waals surface area contributed by atoms with Gasteiger partial charge >= 0.3 is 0 Å². The summed E-state index contributed by atoms with van der Waals surface area (Å²) in [6, 6.07) is 16.3. The van der Waals surface area contributed by atoms with E-state index in [1.54, 1.807) is 55.3 Å². The summed E-state index contributed by atoms with van der Waals surface area (Å²) >= 11 is 12.3. The molecule has 0 spiro atoms. The molecular formula is C28H28Cl2N2O4. The van der Waals surface area contributed by atoms with Crippen molar-refractivity contribution in [2.45, 2.75) is 50.7 Å². The number of aliphatic hydroxyl groups is 2. The molecule has 0 unspecified atom stereocenters. The fourth-order valence-corrected chi connectivity index (χ4v) is 5.26. The van der Waals surface area contributed by atoms with Crippen molar-refractivity contribution in [1.29, 1.82) is 0 Å². The van der Waals surface area contributed by atoms with Crippen molar-refractivity contribution >= 4 is 29.1 Å². The van der Waals surface area contributed by atoms with Gasteiger partial charge < -0.3 is 14.9 Å². The maximum Gasteiger partial charge on any atom is 0.257 e. The molecule has 1 fully saturated rings. The van der Waals surface area contributed by atoms with Crippen molar-refractivity contribution in [1.82, 2.24) is 9.88 Å². The zero-order valence-electron chi connectivity index (χ0n) is 20.1. The van der Waals surface area contributed by atoms with Crippen LogP contribution in [0.4, 0.5) is 0 Å². The van der Waals surface area contributed by atoms with Crippen LogP contribution in [-0.4, -0.2) is 38.7 Å². The van der Waals surface area contributed by atoms with Crippen LogP contribution in [0.15, 0.2) is 60.8 Å². The average Bonchev–Trinajstić information content (AvgIpc) is 3.05. The van der Waals surface area contributed by atoms with Gasteiger partial charge in [0.1, 0.15) is 0 Å². The van der Waals surface area contributed by atoms with E-state index in [0.717, 1.165) is 5.56 Å². The van der Waals surface area contributed by atoms with Gasteiger partial charge in [0.05, 0.1) is 29.0 Å². The number of rotatable bonds is 7. The molecule has 3 aromatic rings. The van der Waals surface area contributed by atoms with Gasteiger partial charge in [-0.2, -0.15) is 0 Å². The second-order valence-corrected chi connectivity index (χ2v) is 11.0. The molecule has 2 aliphatic rings. The summed E-state index contributed by atoms with van der Waals surface area (Å²) in [6.07, 6.45) is 2.81. The lowest BCUT2D eigenvalue weighted by Gasteiger charge is -2.45. The highest BCUT2D eigenvalue weighted by Gasteiger charge is 2.54. The van der Waals surface area contributed by atoms with Gasteiger partial charge in [0.25, 0.3) is 5.91 Å². The van der Waals surface area contributed by atoms with Crippen LogP contribution in [0.5, 0.6) is 0 Å². The summed E-state index contributed by atoms with van der Waals surface area (Å²) in [5.74, 6) is -0.0429. The first kappa shape index (κ1) is 25.2. The van der Waals surface area contributed by atoms with Crippen molar-refractivity contribution < 1.29 is 19.7 Å². The smallest absolute Gasteiger partial charge is 0.257 e. The predicted octanol–water partition coefficient (Wildman–Crippen LogP) is 5.26. The molecule has 188 valence electrons. The van der Waals surface area contributed by atoms with Crippen molar-refractivity contribution in [3.05, 3.63) is 98.8 Å². The third-order valence-electron chi connectivity index (χ3n) is 7.08. The first-order valence-electron chi connectivity index (χ1n) is 12.0. The van der Waals surface area contributed by atoms with Gasteiger partial charge in [0.2, 0.25) is 0 Å². The Kier molecular flexibility index (Phi) is 6.60. The fraction of sp³-hybridized carbons (Fsp3) is 0.357. The molecule has 1 aromatic heterocycles. The van der Waals surface area contributed by atoms with E-state index in [0.29, 0.717) is 45.3 Å². The monoisotopic (exact) mass is 526 g/mol. The van der Waals surface area contributed by atoms with Crippen molar-refractivity contribution in [3.8, 4) is 0 Å². The summed E-state index contributed by atoms with van der Waals surface area (Å²) < 4.78 is 6.86. The molecule has 36 heavy (non-hydrogen) atoms. The Hall–Kier alpha value is -2.48. The molecule has 1 atom stereocenters. The van der Waals surface area contributed by atoms with Crippen LogP contribution >= 0.6 is 23.2 Å². The van der Waals surface area contributed by atoms with E-state index in [-0.39, 0.29) is 31.1 Å². The molecule has 8 heteroatoms. The lowest BCUT2D eigenvalue weighted by Crippen LogP contribution is -2.51. The van der Waals surface area contributed by atoms with Crippen LogP contribution in [0.2, 0.25) is 10.0 Å². The van der Waals surface area contributed by atoms with Gasteiger partial charge in [0, 0.05) is 34.5 Å². The van der Waals surface area contributed by atoms with Crippen LogP contribution in [0.25, 0.3) is 0 Å². The van der Waals surface area contributed by atoms with Gasteiger partial charge in [-0.1, -0.05) is 47.5 Å². The number of amides is 1. The minimum Gasteiger partial charge on any atom is -0.396 e. The molecule has 2 N–H and O–H groups in total. The molecular weight excluding hydrogens is 499 g/mol. The zero-order chi connectivity index (χ0) is 25.7. The summed E-state index contributed by atoms with van der Waals surface area (Å²) in [4.78, 5) is 20.2. The fourth-order valence-electron chi connectivity index (χ4n) is 5.02. The number of fused-ring (bicyclic) bond motifs is 1. The normalized spacial score (nSPS) is 23.5. The van der Waals surface area contributed by atoms with E-state index in [2.05, 4.69) is 4.98 Å². The van der Waals surface area contributed by atoms with E-state index >= 15 is 0 Å². The maximum absolute atomic E-state index is 14.1. The lowest BCUT2D eigenvalue weighted by molar-refractivity contribution is -0.182. The van der Waals surface area contributed by atoms with Gasteiger partial charge in [0.15, 0.2) is 5.72 Å². The molecule has 0 bridgehead atoms. The molecule has 0 radical (unpaired) electrons. The highest BCUT2D eigenvalue weighted by atomic mass is 35.5. The Morgan fingerprint density at radius 3 is 2.39 bits per heavy atom. The van der Waals surface area contributed by atoms with Crippen molar-refractivity contribution in [3.63, 3.8) is 0 Å². The third kappa shape index (κ3) is 4.42. The first-order valence-corrected chi connectivity index (χ1v) is 12.7. The lowest BCUT2D eigenvalue weighted by atomic mass is 9.82. The van der Waals surface area contributed by atoms with Crippen LogP contribution in [-0.2, 0) is 22.6 Å². The maximum atomic E-state index is 14.1. The standard InChI is InChI=1S/C28H28Cl2N2O4/c1-27(2,35)19-5-10-25-24(13-19)26(34)32(15-22-9-8-21(30)14-31-22)28(25,18-3-6-20(29)7-4-18)36-23-11-17(12-23)16-33/h3-10,13-14,17,23,33,35H,11-12,15-16H2,1-2H3/t17?,23?,28-/m1/s1. The number of halogens is 2. The Balaban J connectivity index is 1.69. The molecule has 2 aromatic carbocycles. The number of benzene rings is 2. The Labute approximate surface area is 220 Å². The van der Waals surface area contributed by atoms with Crippen LogP contribution in [0.1, 0.15) is 59.4 Å². The molecule has 0 saturated heterocycles. The number of aromatic nitrogens is 1. The molecule has 1 amide bonds. The number of aliphatic hydroxyl groups excluding tert-OH is 1. The number of pyridine rings is 1. The van der Waals surface area contributed by atoms with E-state index in [1.165, 1.54) is 0 Å². The molecule has 1 saturated carbocycles. The molecule has 1 aliphatic heterocycles. The highest BCUT2D eigenvalue weighted by Crippen LogP contribution is 2.50. The summed E-state index contributed by atoms with van der Waals surface area (Å²) in [5.41, 5.74) is 0.869. The summed E-state index contributed by atoms with van der Waals surface area (Å²) in [5, 5.41) is 21.3. The SMILES string of the molecule is CC(C)(O)c1ccc2c(c1)C(=O)N(Cc1ccc(Cl)cn1)[C@@]2(OC1CC(CO)C1)c1ccc(Cl)cc1. The topological polar surface area (TPSA) is 82.9 Å². The van der Waals surface area contributed by atoms with E-state index in [1.807, 2.05) is 24.3 Å². The quantitative estimate of drug-likeness (QED) is 0.438. The number of hydrogen-bond acceptors (Lipinski definition) is 5.